The van der Waals surface area contributed by atoms with E-state index in [4.69, 9.17) is 15.6 Å². The molecule has 3 atom stereocenters. The number of imidazole rings is 1. The Kier molecular flexibility index (Phi) is 17.1. The van der Waals surface area contributed by atoms with Gasteiger partial charge in [0, 0.05) is 12.6 Å². The van der Waals surface area contributed by atoms with Crippen LogP contribution in [0, 0.1) is 5.92 Å². The Hall–Kier alpha value is -2.13. The molecule has 0 saturated carbocycles. The predicted octanol–water partition coefficient (Wildman–Crippen LogP) is 2.21. The third-order valence-electron chi connectivity index (χ3n) is 3.81. The average Bonchev–Trinajstić information content (AvgIpc) is 3.15. The molecule has 9 nitrogen and oxygen atoms in total. The zero-order valence-electron chi connectivity index (χ0n) is 16.6. The molecule has 1 aromatic heterocycles. The van der Waals surface area contributed by atoms with Crippen LogP contribution in [0.5, 0.6) is 0 Å². The Morgan fingerprint density at radius 3 is 2.57 bits per heavy atom. The normalized spacial score (nSPS) is 13.0. The number of aromatic nitrogens is 2. The van der Waals surface area contributed by atoms with E-state index in [2.05, 4.69) is 29.1 Å². The SMILES string of the molecule is CCCCC(CC)COC(=O)NC(C)[C]=O.Cl.N[C@@H](Cc1c[nH]cn1)C(=O)O. The fraction of sp³-hybridized carbons (Fsp3) is 0.667. The van der Waals surface area contributed by atoms with Crippen LogP contribution >= 0.6 is 12.4 Å². The zero-order chi connectivity index (χ0) is 20.7. The van der Waals surface area contributed by atoms with Crippen LogP contribution in [0.1, 0.15) is 52.1 Å². The van der Waals surface area contributed by atoms with E-state index < -0.39 is 24.1 Å². The topological polar surface area (TPSA) is 147 Å². The number of carboxylic acid groups (broad SMARTS) is 1. The van der Waals surface area contributed by atoms with Crippen LogP contribution in [0.2, 0.25) is 0 Å². The molecule has 0 saturated heterocycles. The number of rotatable bonds is 11. The van der Waals surface area contributed by atoms with Gasteiger partial charge in [-0.25, -0.2) is 9.78 Å². The van der Waals surface area contributed by atoms with E-state index in [0.717, 1.165) is 25.7 Å². The average molecular weight is 420 g/mol. The number of carboxylic acids is 1. The summed E-state index contributed by atoms with van der Waals surface area (Å²) in [6.45, 7) is 6.21. The molecule has 0 aliphatic heterocycles. The summed E-state index contributed by atoms with van der Waals surface area (Å²) in [5.41, 5.74) is 5.92. The highest BCUT2D eigenvalue weighted by atomic mass is 35.5. The minimum atomic E-state index is -1.01. The first-order chi connectivity index (χ1) is 12.8. The van der Waals surface area contributed by atoms with Gasteiger partial charge in [-0.3, -0.25) is 9.59 Å². The number of halogens is 1. The Morgan fingerprint density at radius 1 is 1.43 bits per heavy atom. The van der Waals surface area contributed by atoms with Crippen LogP contribution in [-0.2, 0) is 20.7 Å². The van der Waals surface area contributed by atoms with Crippen molar-refractivity contribution in [3.8, 4) is 0 Å². The molecule has 0 bridgehead atoms. The lowest BCUT2D eigenvalue weighted by Crippen LogP contribution is -2.34. The number of nitrogens with one attached hydrogen (secondary N) is 2. The maximum Gasteiger partial charge on any atom is 0.407 e. The number of amides is 1. The van der Waals surface area contributed by atoms with Crippen molar-refractivity contribution in [2.45, 2.75) is 65.0 Å². The number of aromatic amines is 1. The second-order valence-electron chi connectivity index (χ2n) is 6.21. The summed E-state index contributed by atoms with van der Waals surface area (Å²) in [6, 6.07) is -1.47. The molecule has 1 radical (unpaired) electrons. The number of carbonyl (C=O) groups excluding carboxylic acids is 2. The first-order valence-electron chi connectivity index (χ1n) is 9.10. The highest BCUT2D eigenvalue weighted by Crippen LogP contribution is 2.12. The van der Waals surface area contributed by atoms with Crippen LogP contribution in [0.3, 0.4) is 0 Å². The number of nitrogens with zero attached hydrogens (tertiary/aromatic N) is 1. The van der Waals surface area contributed by atoms with Crippen molar-refractivity contribution in [1.82, 2.24) is 15.3 Å². The molecule has 10 heteroatoms. The van der Waals surface area contributed by atoms with Gasteiger partial charge < -0.3 is 25.9 Å². The Morgan fingerprint density at radius 2 is 2.11 bits per heavy atom. The number of unbranched alkanes of at least 4 members (excludes halogenated alkanes) is 1. The smallest absolute Gasteiger partial charge is 0.407 e. The van der Waals surface area contributed by atoms with Gasteiger partial charge in [0.1, 0.15) is 6.04 Å². The van der Waals surface area contributed by atoms with Gasteiger partial charge in [0.15, 0.2) is 0 Å². The van der Waals surface area contributed by atoms with Gasteiger partial charge in [-0.15, -0.1) is 12.4 Å². The van der Waals surface area contributed by atoms with Crippen molar-refractivity contribution in [3.05, 3.63) is 18.2 Å². The molecule has 5 N–H and O–H groups in total. The third kappa shape index (κ3) is 14.0. The van der Waals surface area contributed by atoms with E-state index in [1.54, 1.807) is 19.4 Å². The molecule has 0 fully saturated rings. The van der Waals surface area contributed by atoms with Crippen LogP contribution in [0.25, 0.3) is 0 Å². The predicted molar refractivity (Wildman–Crippen MR) is 108 cm³/mol. The summed E-state index contributed by atoms with van der Waals surface area (Å²) in [6.07, 6.45) is 8.90. The van der Waals surface area contributed by atoms with Crippen molar-refractivity contribution in [2.24, 2.45) is 11.7 Å². The first-order valence-corrected chi connectivity index (χ1v) is 9.10. The highest BCUT2D eigenvalue weighted by Gasteiger charge is 2.13. The lowest BCUT2D eigenvalue weighted by molar-refractivity contribution is -0.138. The lowest BCUT2D eigenvalue weighted by atomic mass is 10.0. The molecule has 1 amide bonds. The van der Waals surface area contributed by atoms with Gasteiger partial charge >= 0.3 is 12.1 Å². The third-order valence-corrected chi connectivity index (χ3v) is 3.81. The zero-order valence-corrected chi connectivity index (χ0v) is 17.5. The first kappa shape index (κ1) is 28.1. The number of H-pyrrole nitrogens is 1. The lowest BCUT2D eigenvalue weighted by Gasteiger charge is -2.15. The summed E-state index contributed by atoms with van der Waals surface area (Å²) >= 11 is 0. The van der Waals surface area contributed by atoms with E-state index in [0.29, 0.717) is 18.2 Å². The second kappa shape index (κ2) is 17.0. The second-order valence-corrected chi connectivity index (χ2v) is 6.21. The van der Waals surface area contributed by atoms with E-state index >= 15 is 0 Å². The highest BCUT2D eigenvalue weighted by molar-refractivity contribution is 5.85. The van der Waals surface area contributed by atoms with Crippen molar-refractivity contribution in [3.63, 3.8) is 0 Å². The molecule has 0 spiro atoms. The van der Waals surface area contributed by atoms with Gasteiger partial charge in [-0.2, -0.15) is 0 Å². The van der Waals surface area contributed by atoms with Crippen LogP contribution in [-0.4, -0.2) is 52.1 Å². The van der Waals surface area contributed by atoms with Gasteiger partial charge in [-0.05, 0) is 19.3 Å². The molecule has 1 heterocycles. The fourth-order valence-electron chi connectivity index (χ4n) is 2.05. The molecule has 1 rings (SSSR count). The van der Waals surface area contributed by atoms with Crippen molar-refractivity contribution >= 4 is 30.8 Å². The number of alkyl carbamates (subject to hydrolysis) is 1. The van der Waals surface area contributed by atoms with Gasteiger partial charge in [0.2, 0.25) is 6.29 Å². The Labute approximate surface area is 172 Å². The molecule has 28 heavy (non-hydrogen) atoms. The van der Waals surface area contributed by atoms with Crippen molar-refractivity contribution in [1.29, 1.82) is 0 Å². The van der Waals surface area contributed by atoms with Crippen molar-refractivity contribution in [2.75, 3.05) is 6.61 Å². The molecule has 161 valence electrons. The molecular weight excluding hydrogens is 388 g/mol. The molecule has 0 aliphatic carbocycles. The van der Waals surface area contributed by atoms with E-state index in [1.807, 2.05) is 0 Å². The number of ether oxygens (including phenoxy) is 1. The van der Waals surface area contributed by atoms with E-state index in [-0.39, 0.29) is 18.8 Å². The number of aliphatic carboxylic acids is 1. The molecule has 1 aromatic rings. The monoisotopic (exact) mass is 419 g/mol. The molecule has 2 unspecified atom stereocenters. The number of hydrogen-bond donors (Lipinski definition) is 4. The van der Waals surface area contributed by atoms with Gasteiger partial charge in [0.05, 0.1) is 24.7 Å². The molecule has 0 aliphatic rings. The van der Waals surface area contributed by atoms with Gasteiger partial charge in [0.25, 0.3) is 0 Å². The quantitative estimate of drug-likeness (QED) is 0.429. The molecule has 0 aromatic carbocycles. The van der Waals surface area contributed by atoms with E-state index in [1.165, 1.54) is 6.33 Å². The summed E-state index contributed by atoms with van der Waals surface area (Å²) < 4.78 is 5.04. The van der Waals surface area contributed by atoms with Gasteiger partial charge in [-0.1, -0.05) is 33.1 Å². The Bertz CT molecular complexity index is 542. The fourth-order valence-corrected chi connectivity index (χ4v) is 2.05. The largest absolute Gasteiger partial charge is 0.480 e. The van der Waals surface area contributed by atoms with Crippen LogP contribution in [0.15, 0.2) is 12.5 Å². The van der Waals surface area contributed by atoms with E-state index in [9.17, 15) is 14.4 Å². The minimum Gasteiger partial charge on any atom is -0.480 e. The van der Waals surface area contributed by atoms with Crippen LogP contribution < -0.4 is 11.1 Å². The standard InChI is InChI=1S/C12H22NO3.C6H9N3O2.ClH/c1-4-6-7-11(5-2)9-16-12(15)13-10(3)8-14;7-5(6(10)11)1-4-2-8-3-9-4;/h10-11H,4-7,9H2,1-3H3,(H,13,15);2-3,5H,1,7H2,(H,8,9)(H,10,11);1H/t;5-;/m.0./s1. The number of nitrogens with two attached hydrogens (primary N) is 1. The maximum atomic E-state index is 11.2. The molecular formula is C18H32ClN4O5. The number of carbonyl (C=O) groups is 2. The Balaban J connectivity index is 0. The number of hydrogen-bond acceptors (Lipinski definition) is 6. The summed E-state index contributed by atoms with van der Waals surface area (Å²) in [4.78, 5) is 38.2. The van der Waals surface area contributed by atoms with Crippen LogP contribution in [0.4, 0.5) is 4.79 Å². The maximum absolute atomic E-state index is 11.2. The van der Waals surface area contributed by atoms with Crippen molar-refractivity contribution < 1.29 is 24.2 Å². The summed E-state index contributed by atoms with van der Waals surface area (Å²) in [5.74, 6) is -0.589. The summed E-state index contributed by atoms with van der Waals surface area (Å²) in [7, 11) is 0. The minimum absolute atomic E-state index is 0. The summed E-state index contributed by atoms with van der Waals surface area (Å²) in [5, 5.41) is 10.8.